The minimum Gasteiger partial charge on any atom is -0.499 e. The van der Waals surface area contributed by atoms with Crippen LogP contribution in [-0.2, 0) is 18.9 Å². The van der Waals surface area contributed by atoms with Gasteiger partial charge in [0.1, 0.15) is 6.61 Å². The van der Waals surface area contributed by atoms with Gasteiger partial charge in [0.15, 0.2) is 0 Å². The Labute approximate surface area is 103 Å². The molecule has 1 saturated carbocycles. The molecule has 4 heteroatoms. The number of epoxide rings is 1. The summed E-state index contributed by atoms with van der Waals surface area (Å²) in [6.45, 7) is 6.76. The van der Waals surface area contributed by atoms with E-state index in [-0.39, 0.29) is 0 Å². The van der Waals surface area contributed by atoms with Gasteiger partial charge in [-0.1, -0.05) is 6.58 Å². The summed E-state index contributed by atoms with van der Waals surface area (Å²) in [5.41, 5.74) is 0. The average molecular weight is 242 g/mol. The van der Waals surface area contributed by atoms with E-state index in [1.807, 2.05) is 0 Å². The van der Waals surface area contributed by atoms with Crippen LogP contribution in [0, 0.1) is 5.92 Å². The molecule has 1 saturated heterocycles. The molecule has 0 spiro atoms. The number of rotatable bonds is 9. The highest BCUT2D eigenvalue weighted by molar-refractivity contribution is 4.91. The Hall–Kier alpha value is -0.580. The topological polar surface area (TPSA) is 40.2 Å². The third-order valence-corrected chi connectivity index (χ3v) is 3.30. The summed E-state index contributed by atoms with van der Waals surface area (Å²) in [4.78, 5) is 0. The number of hydrogen-bond acceptors (Lipinski definition) is 4. The standard InChI is InChI=1S/C13H22O4/c1-2-14-5-6-15-7-8-16-10-11-3-4-12-13(9-11)17-12/h2,11-13H,1,3-10H2. The lowest BCUT2D eigenvalue weighted by Crippen LogP contribution is -2.19. The fraction of sp³-hybridized carbons (Fsp3) is 0.846. The zero-order valence-electron chi connectivity index (χ0n) is 10.3. The van der Waals surface area contributed by atoms with Crippen LogP contribution in [0.2, 0.25) is 0 Å². The van der Waals surface area contributed by atoms with E-state index in [0.29, 0.717) is 44.6 Å². The molecule has 0 bridgehead atoms. The van der Waals surface area contributed by atoms with E-state index in [1.54, 1.807) is 0 Å². The van der Waals surface area contributed by atoms with Crippen LogP contribution in [-0.4, -0.2) is 45.2 Å². The molecule has 0 radical (unpaired) electrons. The van der Waals surface area contributed by atoms with Crippen LogP contribution in [0.3, 0.4) is 0 Å². The van der Waals surface area contributed by atoms with Crippen LogP contribution in [0.15, 0.2) is 12.8 Å². The lowest BCUT2D eigenvalue weighted by Gasteiger charge is -2.18. The highest BCUT2D eigenvalue weighted by atomic mass is 16.6. The Balaban J connectivity index is 1.37. The summed E-state index contributed by atoms with van der Waals surface area (Å²) in [5.74, 6) is 0.683. The van der Waals surface area contributed by atoms with E-state index in [2.05, 4.69) is 6.58 Å². The van der Waals surface area contributed by atoms with Gasteiger partial charge in [-0.3, -0.25) is 0 Å². The largest absolute Gasteiger partial charge is 0.499 e. The lowest BCUT2D eigenvalue weighted by molar-refractivity contribution is 0.0168. The fourth-order valence-corrected chi connectivity index (χ4v) is 2.30. The van der Waals surface area contributed by atoms with Gasteiger partial charge in [-0.15, -0.1) is 0 Å². The number of fused-ring (bicyclic) bond motifs is 1. The first-order valence-electron chi connectivity index (χ1n) is 6.43. The zero-order valence-corrected chi connectivity index (χ0v) is 10.3. The SMILES string of the molecule is C=COCCOCCOCC1CCC2OC2C1. The molecule has 0 N–H and O–H groups in total. The molecule has 1 aliphatic carbocycles. The van der Waals surface area contributed by atoms with Gasteiger partial charge in [0.05, 0.1) is 38.3 Å². The maximum Gasteiger partial charge on any atom is 0.111 e. The van der Waals surface area contributed by atoms with E-state index in [4.69, 9.17) is 18.9 Å². The monoisotopic (exact) mass is 242 g/mol. The van der Waals surface area contributed by atoms with Crippen molar-refractivity contribution in [3.8, 4) is 0 Å². The molecule has 98 valence electrons. The first-order valence-corrected chi connectivity index (χ1v) is 6.43. The highest BCUT2D eigenvalue weighted by Crippen LogP contribution is 2.39. The van der Waals surface area contributed by atoms with Crippen LogP contribution in [0.1, 0.15) is 19.3 Å². The molecule has 1 heterocycles. The smallest absolute Gasteiger partial charge is 0.111 e. The Bertz CT molecular complexity index is 231. The zero-order chi connectivity index (χ0) is 11.9. The van der Waals surface area contributed by atoms with Gasteiger partial charge in [-0.2, -0.15) is 0 Å². The molecule has 0 aromatic rings. The second-order valence-electron chi connectivity index (χ2n) is 4.62. The molecule has 0 amide bonds. The van der Waals surface area contributed by atoms with E-state index in [1.165, 1.54) is 25.5 Å². The van der Waals surface area contributed by atoms with E-state index in [0.717, 1.165) is 6.61 Å². The molecule has 2 fully saturated rings. The van der Waals surface area contributed by atoms with E-state index < -0.39 is 0 Å². The normalized spacial score (nSPS) is 30.7. The molecule has 17 heavy (non-hydrogen) atoms. The first-order chi connectivity index (χ1) is 8.40. The maximum absolute atomic E-state index is 5.60. The molecule has 3 atom stereocenters. The van der Waals surface area contributed by atoms with Crippen molar-refractivity contribution in [2.75, 3.05) is 33.0 Å². The summed E-state index contributed by atoms with van der Waals surface area (Å²) in [7, 11) is 0. The van der Waals surface area contributed by atoms with Crippen molar-refractivity contribution in [2.24, 2.45) is 5.92 Å². The molecule has 0 aromatic heterocycles. The highest BCUT2D eigenvalue weighted by Gasteiger charge is 2.43. The summed E-state index contributed by atoms with van der Waals surface area (Å²) < 4.78 is 21.4. The van der Waals surface area contributed by atoms with Crippen molar-refractivity contribution >= 4 is 0 Å². The van der Waals surface area contributed by atoms with Crippen LogP contribution in [0.4, 0.5) is 0 Å². The Morgan fingerprint density at radius 1 is 1.06 bits per heavy atom. The Morgan fingerprint density at radius 3 is 2.71 bits per heavy atom. The van der Waals surface area contributed by atoms with Gasteiger partial charge < -0.3 is 18.9 Å². The molecule has 1 aliphatic heterocycles. The third-order valence-electron chi connectivity index (χ3n) is 3.30. The minimum atomic E-state index is 0.546. The van der Waals surface area contributed by atoms with Gasteiger partial charge in [-0.05, 0) is 25.2 Å². The second kappa shape index (κ2) is 6.99. The first kappa shape index (κ1) is 12.9. The number of hydrogen-bond donors (Lipinski definition) is 0. The predicted molar refractivity (Wildman–Crippen MR) is 63.8 cm³/mol. The van der Waals surface area contributed by atoms with Crippen molar-refractivity contribution < 1.29 is 18.9 Å². The van der Waals surface area contributed by atoms with Gasteiger partial charge in [0.2, 0.25) is 0 Å². The van der Waals surface area contributed by atoms with E-state index in [9.17, 15) is 0 Å². The van der Waals surface area contributed by atoms with Gasteiger partial charge in [0, 0.05) is 6.61 Å². The second-order valence-corrected chi connectivity index (χ2v) is 4.62. The van der Waals surface area contributed by atoms with Crippen LogP contribution >= 0.6 is 0 Å². The maximum atomic E-state index is 5.60. The molecule has 2 rings (SSSR count). The fourth-order valence-electron chi connectivity index (χ4n) is 2.30. The Kier molecular flexibility index (Phi) is 5.29. The van der Waals surface area contributed by atoms with Crippen molar-refractivity contribution in [1.29, 1.82) is 0 Å². The van der Waals surface area contributed by atoms with E-state index >= 15 is 0 Å². The van der Waals surface area contributed by atoms with Crippen molar-refractivity contribution in [3.05, 3.63) is 12.8 Å². The molecule has 2 aliphatic rings. The summed E-state index contributed by atoms with van der Waals surface area (Å²) in [6.07, 6.45) is 6.20. The third kappa shape index (κ3) is 4.66. The minimum absolute atomic E-state index is 0.546. The predicted octanol–water partition coefficient (Wildman–Crippen LogP) is 1.75. The van der Waals surface area contributed by atoms with Gasteiger partial charge in [-0.25, -0.2) is 0 Å². The van der Waals surface area contributed by atoms with Crippen molar-refractivity contribution in [1.82, 2.24) is 0 Å². The van der Waals surface area contributed by atoms with Crippen molar-refractivity contribution in [3.63, 3.8) is 0 Å². The summed E-state index contributed by atoms with van der Waals surface area (Å²) in [5, 5.41) is 0. The molecular formula is C13H22O4. The quantitative estimate of drug-likeness (QED) is 0.351. The van der Waals surface area contributed by atoms with Gasteiger partial charge in [0.25, 0.3) is 0 Å². The molecule has 0 aromatic carbocycles. The van der Waals surface area contributed by atoms with Gasteiger partial charge >= 0.3 is 0 Å². The molecule has 3 unspecified atom stereocenters. The molecular weight excluding hydrogens is 220 g/mol. The van der Waals surface area contributed by atoms with Crippen LogP contribution in [0.5, 0.6) is 0 Å². The molecule has 4 nitrogen and oxygen atoms in total. The average Bonchev–Trinajstić information content (AvgIpc) is 3.11. The lowest BCUT2D eigenvalue weighted by atomic mass is 9.90. The van der Waals surface area contributed by atoms with Crippen LogP contribution < -0.4 is 0 Å². The Morgan fingerprint density at radius 2 is 1.88 bits per heavy atom. The van der Waals surface area contributed by atoms with Crippen molar-refractivity contribution in [2.45, 2.75) is 31.5 Å². The number of ether oxygens (including phenoxy) is 4. The summed E-state index contributed by atoms with van der Waals surface area (Å²) in [6, 6.07) is 0. The summed E-state index contributed by atoms with van der Waals surface area (Å²) >= 11 is 0. The van der Waals surface area contributed by atoms with Crippen LogP contribution in [0.25, 0.3) is 0 Å².